The van der Waals surface area contributed by atoms with Crippen LogP contribution in [0.1, 0.15) is 45.7 Å². The molecule has 5 nitrogen and oxygen atoms in total. The molecule has 146 valence electrons. The van der Waals surface area contributed by atoms with Gasteiger partial charge in [0.25, 0.3) is 0 Å². The van der Waals surface area contributed by atoms with Crippen LogP contribution in [0.15, 0.2) is 47.4 Å². The molecule has 0 unspecified atom stereocenters. The van der Waals surface area contributed by atoms with Crippen molar-refractivity contribution in [3.8, 4) is 11.5 Å². The number of ether oxygens (including phenoxy) is 2. The zero-order chi connectivity index (χ0) is 19.9. The van der Waals surface area contributed by atoms with E-state index in [0.29, 0.717) is 24.7 Å². The summed E-state index contributed by atoms with van der Waals surface area (Å²) in [6, 6.07) is 12.6. The standard InChI is InChI=1S/C21H27NO4S/c1-20(2,3)15-6-9-17(10-7-15)27(23,24)22-21(4,5)16-8-11-18-19(14-16)26-13-12-25-18/h6-11,14,22H,12-13H2,1-5H3. The Morgan fingerprint density at radius 2 is 1.37 bits per heavy atom. The third-order valence-corrected chi connectivity index (χ3v) is 6.36. The van der Waals surface area contributed by atoms with Crippen LogP contribution in [-0.4, -0.2) is 21.6 Å². The molecule has 0 amide bonds. The van der Waals surface area contributed by atoms with Crippen LogP contribution in [0.5, 0.6) is 11.5 Å². The molecule has 27 heavy (non-hydrogen) atoms. The van der Waals surface area contributed by atoms with Gasteiger partial charge in [0.15, 0.2) is 11.5 Å². The van der Waals surface area contributed by atoms with E-state index in [1.165, 1.54) is 0 Å². The highest BCUT2D eigenvalue weighted by Crippen LogP contribution is 2.35. The van der Waals surface area contributed by atoms with Crippen LogP contribution in [0.25, 0.3) is 0 Å². The van der Waals surface area contributed by atoms with Gasteiger partial charge in [-0.05, 0) is 54.7 Å². The summed E-state index contributed by atoms with van der Waals surface area (Å²) in [6.07, 6.45) is 0. The molecule has 0 aromatic heterocycles. The molecule has 0 radical (unpaired) electrons. The first-order valence-electron chi connectivity index (χ1n) is 9.04. The molecular weight excluding hydrogens is 362 g/mol. The van der Waals surface area contributed by atoms with Gasteiger partial charge >= 0.3 is 0 Å². The van der Waals surface area contributed by atoms with Crippen molar-refractivity contribution in [1.82, 2.24) is 4.72 Å². The largest absolute Gasteiger partial charge is 0.486 e. The van der Waals surface area contributed by atoms with Gasteiger partial charge in [-0.3, -0.25) is 0 Å². The van der Waals surface area contributed by atoms with Crippen molar-refractivity contribution in [2.24, 2.45) is 0 Å². The van der Waals surface area contributed by atoms with Crippen molar-refractivity contribution >= 4 is 10.0 Å². The summed E-state index contributed by atoms with van der Waals surface area (Å²) >= 11 is 0. The van der Waals surface area contributed by atoms with E-state index in [2.05, 4.69) is 25.5 Å². The highest BCUT2D eigenvalue weighted by molar-refractivity contribution is 7.89. The van der Waals surface area contributed by atoms with E-state index >= 15 is 0 Å². The average Bonchev–Trinajstić information content (AvgIpc) is 2.60. The Labute approximate surface area is 161 Å². The Kier molecular flexibility index (Phi) is 4.99. The van der Waals surface area contributed by atoms with Gasteiger partial charge in [-0.15, -0.1) is 0 Å². The van der Waals surface area contributed by atoms with E-state index in [0.717, 1.165) is 11.1 Å². The first kappa shape index (κ1) is 19.7. The van der Waals surface area contributed by atoms with Crippen LogP contribution >= 0.6 is 0 Å². The summed E-state index contributed by atoms with van der Waals surface area (Å²) in [5.74, 6) is 1.32. The quantitative estimate of drug-likeness (QED) is 0.859. The Hall–Kier alpha value is -2.05. The van der Waals surface area contributed by atoms with Crippen molar-refractivity contribution in [3.63, 3.8) is 0 Å². The van der Waals surface area contributed by atoms with E-state index in [9.17, 15) is 8.42 Å². The van der Waals surface area contributed by atoms with Gasteiger partial charge in [-0.2, -0.15) is 0 Å². The third-order valence-electron chi connectivity index (χ3n) is 4.68. The molecule has 1 N–H and O–H groups in total. The summed E-state index contributed by atoms with van der Waals surface area (Å²) in [5.41, 5.74) is 1.06. The fraction of sp³-hybridized carbons (Fsp3) is 0.429. The summed E-state index contributed by atoms with van der Waals surface area (Å²) in [6.45, 7) is 11.0. The maximum atomic E-state index is 12.9. The lowest BCUT2D eigenvalue weighted by Crippen LogP contribution is -2.41. The van der Waals surface area contributed by atoms with Gasteiger partial charge in [0.05, 0.1) is 10.4 Å². The molecular formula is C21H27NO4S. The number of fused-ring (bicyclic) bond motifs is 1. The van der Waals surface area contributed by atoms with Gasteiger partial charge in [-0.1, -0.05) is 39.0 Å². The minimum atomic E-state index is -3.67. The summed E-state index contributed by atoms with van der Waals surface area (Å²) in [7, 11) is -3.67. The normalized spacial score (nSPS) is 14.9. The second-order valence-corrected chi connectivity index (χ2v) is 10.0. The molecule has 2 aromatic carbocycles. The van der Waals surface area contributed by atoms with Crippen LogP contribution in [0.3, 0.4) is 0 Å². The maximum absolute atomic E-state index is 12.9. The lowest BCUT2D eigenvalue weighted by Gasteiger charge is -2.28. The van der Waals surface area contributed by atoms with Crippen molar-refractivity contribution in [2.45, 2.75) is 50.5 Å². The van der Waals surface area contributed by atoms with Crippen molar-refractivity contribution < 1.29 is 17.9 Å². The number of sulfonamides is 1. The Balaban J connectivity index is 1.85. The highest BCUT2D eigenvalue weighted by Gasteiger charge is 2.29. The molecule has 0 fully saturated rings. The van der Waals surface area contributed by atoms with Crippen molar-refractivity contribution in [2.75, 3.05) is 13.2 Å². The topological polar surface area (TPSA) is 64.6 Å². The van der Waals surface area contributed by atoms with Gasteiger partial charge < -0.3 is 9.47 Å². The van der Waals surface area contributed by atoms with Crippen LogP contribution < -0.4 is 14.2 Å². The summed E-state index contributed by atoms with van der Waals surface area (Å²) in [4.78, 5) is 0.251. The number of rotatable bonds is 4. The molecule has 1 heterocycles. The number of hydrogen-bond donors (Lipinski definition) is 1. The zero-order valence-corrected chi connectivity index (χ0v) is 17.3. The molecule has 0 spiro atoms. The molecule has 0 saturated heterocycles. The van der Waals surface area contributed by atoms with Crippen molar-refractivity contribution in [1.29, 1.82) is 0 Å². The van der Waals surface area contributed by atoms with Crippen LogP contribution in [0, 0.1) is 0 Å². The molecule has 0 atom stereocenters. The Bertz CT molecular complexity index is 926. The van der Waals surface area contributed by atoms with E-state index in [1.807, 2.05) is 44.2 Å². The molecule has 2 aromatic rings. The van der Waals surface area contributed by atoms with Crippen LogP contribution in [0.2, 0.25) is 0 Å². The number of nitrogens with one attached hydrogen (secondary N) is 1. The van der Waals surface area contributed by atoms with Gasteiger partial charge in [0.1, 0.15) is 13.2 Å². The molecule has 0 saturated carbocycles. The fourth-order valence-electron chi connectivity index (χ4n) is 3.02. The highest BCUT2D eigenvalue weighted by atomic mass is 32.2. The second-order valence-electron chi connectivity index (χ2n) is 8.36. The second kappa shape index (κ2) is 6.84. The molecule has 1 aliphatic heterocycles. The first-order chi connectivity index (χ1) is 12.5. The van der Waals surface area contributed by atoms with E-state index < -0.39 is 15.6 Å². The molecule has 1 aliphatic rings. The molecule has 6 heteroatoms. The smallest absolute Gasteiger partial charge is 0.241 e. The summed E-state index contributed by atoms with van der Waals surface area (Å²) in [5, 5.41) is 0. The Morgan fingerprint density at radius 3 is 1.96 bits per heavy atom. The third kappa shape index (κ3) is 4.28. The number of benzene rings is 2. The lowest BCUT2D eigenvalue weighted by molar-refractivity contribution is 0.171. The molecule has 0 aliphatic carbocycles. The van der Waals surface area contributed by atoms with E-state index in [1.54, 1.807) is 12.1 Å². The van der Waals surface area contributed by atoms with Crippen molar-refractivity contribution in [3.05, 3.63) is 53.6 Å². The maximum Gasteiger partial charge on any atom is 0.241 e. The van der Waals surface area contributed by atoms with Crippen LogP contribution in [0.4, 0.5) is 0 Å². The van der Waals surface area contributed by atoms with Crippen LogP contribution in [-0.2, 0) is 21.0 Å². The first-order valence-corrected chi connectivity index (χ1v) is 10.5. The van der Waals surface area contributed by atoms with Gasteiger partial charge in [0, 0.05) is 0 Å². The fourth-order valence-corrected chi connectivity index (χ4v) is 4.42. The predicted molar refractivity (Wildman–Crippen MR) is 106 cm³/mol. The predicted octanol–water partition coefficient (Wildman–Crippen LogP) is 3.97. The van der Waals surface area contributed by atoms with E-state index in [4.69, 9.17) is 9.47 Å². The zero-order valence-electron chi connectivity index (χ0n) is 16.5. The monoisotopic (exact) mass is 389 g/mol. The van der Waals surface area contributed by atoms with Gasteiger partial charge in [0.2, 0.25) is 10.0 Å². The minimum absolute atomic E-state index is 0.0276. The van der Waals surface area contributed by atoms with E-state index in [-0.39, 0.29) is 10.3 Å². The van der Waals surface area contributed by atoms with Gasteiger partial charge in [-0.25, -0.2) is 13.1 Å². The minimum Gasteiger partial charge on any atom is -0.486 e. The lowest BCUT2D eigenvalue weighted by atomic mass is 9.87. The Morgan fingerprint density at radius 1 is 0.815 bits per heavy atom. The molecule has 3 rings (SSSR count). The number of hydrogen-bond acceptors (Lipinski definition) is 4. The molecule has 0 bridgehead atoms. The average molecular weight is 390 g/mol. The summed E-state index contributed by atoms with van der Waals surface area (Å²) < 4.78 is 39.8. The SMILES string of the molecule is CC(C)(C)c1ccc(S(=O)(=O)NC(C)(C)c2ccc3c(c2)OCCO3)cc1.